The molecule has 2 aromatic carbocycles. The van der Waals surface area contributed by atoms with Crippen LogP contribution in [-0.2, 0) is 0 Å². The number of anilines is 2. The van der Waals surface area contributed by atoms with Gasteiger partial charge in [0, 0.05) is 10.0 Å². The van der Waals surface area contributed by atoms with Crippen molar-refractivity contribution in [2.75, 3.05) is 18.2 Å². The molecule has 0 radical (unpaired) electrons. The normalized spacial score (nSPS) is 10.2. The highest BCUT2D eigenvalue weighted by Crippen LogP contribution is 2.23. The second-order valence-electron chi connectivity index (χ2n) is 4.04. The van der Waals surface area contributed by atoms with Crippen LogP contribution in [0.25, 0.3) is 0 Å². The average molecular weight is 339 g/mol. The fourth-order valence-electron chi connectivity index (χ4n) is 1.66. The summed E-state index contributed by atoms with van der Waals surface area (Å²) >= 11 is 3.15. The fraction of sp³-hybridized carbons (Fsp3) is 0.0714. The van der Waals surface area contributed by atoms with Crippen LogP contribution in [0.1, 0.15) is 10.4 Å². The molecule has 4 nitrogen and oxygen atoms in total. The first-order chi connectivity index (χ1) is 9.51. The summed E-state index contributed by atoms with van der Waals surface area (Å²) in [6.45, 7) is 0. The lowest BCUT2D eigenvalue weighted by molar-refractivity contribution is 0.102. The molecule has 0 aromatic heterocycles. The summed E-state index contributed by atoms with van der Waals surface area (Å²) in [7, 11) is 1.49. The molecule has 0 bridgehead atoms. The number of hydrogen-bond acceptors (Lipinski definition) is 3. The minimum absolute atomic E-state index is 0.104. The summed E-state index contributed by atoms with van der Waals surface area (Å²) in [4.78, 5) is 12.0. The van der Waals surface area contributed by atoms with Crippen molar-refractivity contribution >= 4 is 33.2 Å². The van der Waals surface area contributed by atoms with Crippen molar-refractivity contribution in [1.29, 1.82) is 0 Å². The fourth-order valence-corrected chi connectivity index (χ4v) is 1.99. The van der Waals surface area contributed by atoms with Gasteiger partial charge in [-0.25, -0.2) is 4.39 Å². The van der Waals surface area contributed by atoms with Crippen molar-refractivity contribution in [3.8, 4) is 5.75 Å². The van der Waals surface area contributed by atoms with E-state index >= 15 is 0 Å². The third-order valence-corrected chi connectivity index (χ3v) is 3.16. The van der Waals surface area contributed by atoms with Crippen LogP contribution in [0.3, 0.4) is 0 Å². The maximum absolute atomic E-state index is 13.6. The summed E-state index contributed by atoms with van der Waals surface area (Å²) in [6, 6.07) is 9.01. The highest BCUT2D eigenvalue weighted by molar-refractivity contribution is 9.10. The van der Waals surface area contributed by atoms with Gasteiger partial charge in [-0.15, -0.1) is 0 Å². The van der Waals surface area contributed by atoms with Crippen LogP contribution in [0.4, 0.5) is 15.8 Å². The lowest BCUT2D eigenvalue weighted by atomic mass is 10.1. The Hall–Kier alpha value is -2.08. The van der Waals surface area contributed by atoms with E-state index in [4.69, 9.17) is 10.5 Å². The average Bonchev–Trinajstić information content (AvgIpc) is 2.41. The third-order valence-electron chi connectivity index (χ3n) is 2.67. The molecule has 20 heavy (non-hydrogen) atoms. The van der Waals surface area contributed by atoms with E-state index in [0.29, 0.717) is 21.5 Å². The van der Waals surface area contributed by atoms with Crippen LogP contribution >= 0.6 is 15.9 Å². The quantitative estimate of drug-likeness (QED) is 0.842. The number of nitrogen functional groups attached to an aromatic ring is 1. The summed E-state index contributed by atoms with van der Waals surface area (Å²) in [6.07, 6.45) is 0. The Bertz CT molecular complexity index is 662. The van der Waals surface area contributed by atoms with E-state index in [-0.39, 0.29) is 5.69 Å². The van der Waals surface area contributed by atoms with Gasteiger partial charge in [-0.2, -0.15) is 0 Å². The van der Waals surface area contributed by atoms with Gasteiger partial charge in [0.05, 0.1) is 18.5 Å². The van der Waals surface area contributed by atoms with Gasteiger partial charge < -0.3 is 15.8 Å². The topological polar surface area (TPSA) is 64.3 Å². The van der Waals surface area contributed by atoms with Crippen molar-refractivity contribution in [2.24, 2.45) is 0 Å². The summed E-state index contributed by atoms with van der Waals surface area (Å²) in [5.41, 5.74) is 6.50. The highest BCUT2D eigenvalue weighted by atomic mass is 79.9. The number of nitrogens with one attached hydrogen (secondary N) is 1. The predicted octanol–water partition coefficient (Wildman–Crippen LogP) is 3.43. The second-order valence-corrected chi connectivity index (χ2v) is 4.95. The molecule has 0 saturated heterocycles. The van der Waals surface area contributed by atoms with Gasteiger partial charge in [0.1, 0.15) is 11.6 Å². The molecule has 0 aliphatic heterocycles. The Morgan fingerprint density at radius 3 is 2.65 bits per heavy atom. The van der Waals surface area contributed by atoms with Gasteiger partial charge in [0.15, 0.2) is 0 Å². The summed E-state index contributed by atoms with van der Waals surface area (Å²) in [5.74, 6) is -0.480. The van der Waals surface area contributed by atoms with E-state index in [0.717, 1.165) is 0 Å². The minimum atomic E-state index is -0.519. The molecule has 0 aliphatic carbocycles. The molecule has 0 spiro atoms. The molecule has 0 saturated carbocycles. The number of ether oxygens (including phenoxy) is 1. The van der Waals surface area contributed by atoms with Gasteiger partial charge in [-0.1, -0.05) is 15.9 Å². The molecule has 0 fully saturated rings. The molecule has 0 atom stereocenters. The second kappa shape index (κ2) is 5.92. The maximum atomic E-state index is 13.6. The molecule has 2 aromatic rings. The van der Waals surface area contributed by atoms with Crippen LogP contribution in [0.15, 0.2) is 40.9 Å². The largest absolute Gasteiger partial charge is 0.495 e. The number of hydrogen-bond donors (Lipinski definition) is 2. The molecule has 3 N–H and O–H groups in total. The number of methoxy groups -OCH3 is 1. The molecule has 104 valence electrons. The summed E-state index contributed by atoms with van der Waals surface area (Å²) < 4.78 is 19.2. The van der Waals surface area contributed by atoms with Crippen LogP contribution in [0.5, 0.6) is 5.75 Å². The number of amides is 1. The number of carbonyl (C=O) groups excluding carboxylic acids is 1. The Kier molecular flexibility index (Phi) is 4.24. The Balaban J connectivity index is 2.21. The molecule has 2 rings (SSSR count). The van der Waals surface area contributed by atoms with Gasteiger partial charge in [0.2, 0.25) is 0 Å². The zero-order chi connectivity index (χ0) is 14.7. The Morgan fingerprint density at radius 1 is 1.30 bits per heavy atom. The Morgan fingerprint density at radius 2 is 2.05 bits per heavy atom. The van der Waals surface area contributed by atoms with E-state index in [2.05, 4.69) is 21.2 Å². The van der Waals surface area contributed by atoms with E-state index in [1.165, 1.54) is 25.3 Å². The first-order valence-electron chi connectivity index (χ1n) is 5.71. The minimum Gasteiger partial charge on any atom is -0.495 e. The molecule has 0 aliphatic rings. The predicted molar refractivity (Wildman–Crippen MR) is 79.5 cm³/mol. The van der Waals surface area contributed by atoms with Gasteiger partial charge >= 0.3 is 0 Å². The SMILES string of the molecule is COc1ccc(C(=O)Nc2ccc(Br)cc2F)cc1N. The van der Waals surface area contributed by atoms with Crippen molar-refractivity contribution in [3.63, 3.8) is 0 Å². The van der Waals surface area contributed by atoms with Gasteiger partial charge in [-0.3, -0.25) is 4.79 Å². The maximum Gasteiger partial charge on any atom is 0.255 e. The number of benzene rings is 2. The molecule has 0 heterocycles. The van der Waals surface area contributed by atoms with Gasteiger partial charge in [-0.05, 0) is 36.4 Å². The monoisotopic (exact) mass is 338 g/mol. The molecule has 0 unspecified atom stereocenters. The lowest BCUT2D eigenvalue weighted by Crippen LogP contribution is -2.13. The van der Waals surface area contributed by atoms with Crippen molar-refractivity contribution in [2.45, 2.75) is 0 Å². The number of rotatable bonds is 3. The highest BCUT2D eigenvalue weighted by Gasteiger charge is 2.11. The smallest absolute Gasteiger partial charge is 0.255 e. The van der Waals surface area contributed by atoms with Gasteiger partial charge in [0.25, 0.3) is 5.91 Å². The van der Waals surface area contributed by atoms with E-state index in [9.17, 15) is 9.18 Å². The van der Waals surface area contributed by atoms with E-state index in [1.807, 2.05) is 0 Å². The van der Waals surface area contributed by atoms with Crippen molar-refractivity contribution in [1.82, 2.24) is 0 Å². The van der Waals surface area contributed by atoms with E-state index in [1.54, 1.807) is 18.2 Å². The molecular weight excluding hydrogens is 327 g/mol. The number of halogens is 2. The third kappa shape index (κ3) is 3.08. The molecule has 1 amide bonds. The van der Waals surface area contributed by atoms with Crippen LogP contribution in [0.2, 0.25) is 0 Å². The summed E-state index contributed by atoms with van der Waals surface area (Å²) in [5, 5.41) is 2.49. The lowest BCUT2D eigenvalue weighted by Gasteiger charge is -2.09. The van der Waals surface area contributed by atoms with E-state index < -0.39 is 11.7 Å². The first kappa shape index (κ1) is 14.3. The van der Waals surface area contributed by atoms with Crippen LogP contribution < -0.4 is 15.8 Å². The zero-order valence-electron chi connectivity index (χ0n) is 10.6. The zero-order valence-corrected chi connectivity index (χ0v) is 12.2. The van der Waals surface area contributed by atoms with Crippen LogP contribution in [0, 0.1) is 5.82 Å². The molecule has 6 heteroatoms. The van der Waals surface area contributed by atoms with Crippen molar-refractivity contribution in [3.05, 3.63) is 52.3 Å². The van der Waals surface area contributed by atoms with Crippen molar-refractivity contribution < 1.29 is 13.9 Å². The first-order valence-corrected chi connectivity index (χ1v) is 6.50. The number of nitrogens with two attached hydrogens (primary N) is 1. The van der Waals surface area contributed by atoms with Crippen LogP contribution in [-0.4, -0.2) is 13.0 Å². The molecular formula is C14H12BrFN2O2. The standard InChI is InChI=1S/C14H12BrFN2O2/c1-20-13-5-2-8(6-11(13)17)14(19)18-12-4-3-9(15)7-10(12)16/h2-7H,17H2,1H3,(H,18,19). The number of carbonyl (C=O) groups is 1. The Labute approximate surface area is 123 Å².